The van der Waals surface area contributed by atoms with Crippen LogP contribution < -0.4 is 26.3 Å². The zero-order chi connectivity index (χ0) is 35.5. The van der Waals surface area contributed by atoms with Gasteiger partial charge in [0, 0.05) is 54.7 Å². The van der Waals surface area contributed by atoms with Gasteiger partial charge in [-0.3, -0.25) is 4.79 Å². The van der Waals surface area contributed by atoms with E-state index in [0.717, 1.165) is 70.0 Å². The highest BCUT2D eigenvalue weighted by Gasteiger charge is 2.16. The molecule has 4 heterocycles. The molecule has 0 fully saturated rings. The van der Waals surface area contributed by atoms with Gasteiger partial charge in [-0.15, -0.1) is 0 Å². The van der Waals surface area contributed by atoms with Gasteiger partial charge in [-0.05, 0) is 78.8 Å². The molecule has 0 unspecified atom stereocenters. The fourth-order valence-electron chi connectivity index (χ4n) is 6.42. The van der Waals surface area contributed by atoms with Crippen molar-refractivity contribution in [1.82, 2.24) is 30.2 Å². The van der Waals surface area contributed by atoms with Crippen LogP contribution in [-0.2, 0) is 24.4 Å². The lowest BCUT2D eigenvalue weighted by molar-refractivity contribution is -0.121. The number of rotatable bonds is 13. The number of hydrogen-bond donors (Lipinski definition) is 4. The topological polar surface area (TPSA) is 168 Å². The summed E-state index contributed by atoms with van der Waals surface area (Å²) in [6.07, 6.45) is 5.49. The number of nitrogens with zero attached hydrogens (tertiary/aromatic N) is 4. The maximum atomic E-state index is 13.0. The second-order valence-electron chi connectivity index (χ2n) is 12.9. The first kappa shape index (κ1) is 33.3. The number of fused-ring (bicyclic) bond motifs is 4. The molecule has 0 saturated carbocycles. The third-order valence-corrected chi connectivity index (χ3v) is 9.18. The number of nitrogens with one attached hydrogen (secondary N) is 3. The number of nitrogens with two attached hydrogens (primary N) is 1. The van der Waals surface area contributed by atoms with Crippen molar-refractivity contribution in [1.29, 1.82) is 0 Å². The van der Waals surface area contributed by atoms with Gasteiger partial charge < -0.3 is 35.1 Å². The lowest BCUT2D eigenvalue weighted by Gasteiger charge is -2.12. The van der Waals surface area contributed by atoms with Gasteiger partial charge in [0.1, 0.15) is 17.7 Å². The Morgan fingerprint density at radius 3 is 2.55 bits per heavy atom. The zero-order valence-electron chi connectivity index (χ0n) is 28.9. The van der Waals surface area contributed by atoms with Gasteiger partial charge in [0.2, 0.25) is 17.7 Å². The first-order chi connectivity index (χ1) is 24.7. The smallest absolute Gasteiger partial charge is 0.344 e. The van der Waals surface area contributed by atoms with E-state index in [0.29, 0.717) is 47.8 Å². The molecule has 7 aromatic rings. The summed E-state index contributed by atoms with van der Waals surface area (Å²) >= 11 is 0. The Kier molecular flexibility index (Phi) is 9.38. The molecule has 0 aliphatic carbocycles. The second kappa shape index (κ2) is 14.4. The number of aryl methyl sites for hydroxylation is 2. The number of nitrogen functional groups attached to an aromatic ring is 1. The SMILES string of the molecule is Cc1[nH]c2ccc3oc(=O)c(-c4ccc(N(C)C)cc4)cc3c2c1CCCCCC(=O)NCc1ccc(COc2nc(N)nc3nc[nH]c23)cc1. The number of carbonyl (C=O) groups is 1. The summed E-state index contributed by atoms with van der Waals surface area (Å²) in [5, 5.41) is 5.04. The van der Waals surface area contributed by atoms with Crippen LogP contribution in [0.15, 0.2) is 82.3 Å². The highest BCUT2D eigenvalue weighted by Crippen LogP contribution is 2.33. The maximum Gasteiger partial charge on any atom is 0.344 e. The Morgan fingerprint density at radius 1 is 0.980 bits per heavy atom. The minimum atomic E-state index is -0.351. The molecule has 0 aliphatic rings. The van der Waals surface area contributed by atoms with E-state index in [9.17, 15) is 9.59 Å². The third-order valence-electron chi connectivity index (χ3n) is 9.18. The molecule has 51 heavy (non-hydrogen) atoms. The number of unbranched alkanes of at least 4 members (excludes halogenated alkanes) is 2. The van der Waals surface area contributed by atoms with E-state index in [1.165, 1.54) is 11.9 Å². The Balaban J connectivity index is 0.913. The van der Waals surface area contributed by atoms with Crippen LogP contribution in [0, 0.1) is 6.92 Å². The number of amides is 1. The van der Waals surface area contributed by atoms with E-state index in [4.69, 9.17) is 14.9 Å². The summed E-state index contributed by atoms with van der Waals surface area (Å²) < 4.78 is 11.7. The number of carbonyl (C=O) groups excluding carboxylic acids is 1. The molecule has 0 bridgehead atoms. The number of aromatic amines is 2. The van der Waals surface area contributed by atoms with Crippen molar-refractivity contribution < 1.29 is 13.9 Å². The van der Waals surface area contributed by atoms with Crippen LogP contribution >= 0.6 is 0 Å². The predicted octanol–water partition coefficient (Wildman–Crippen LogP) is 6.56. The summed E-state index contributed by atoms with van der Waals surface area (Å²) in [6.45, 7) is 2.84. The average molecular weight is 685 g/mol. The Labute approximate surface area is 294 Å². The van der Waals surface area contributed by atoms with Crippen molar-refractivity contribution in [3.63, 3.8) is 0 Å². The molecule has 0 aliphatic heterocycles. The molecule has 0 spiro atoms. The van der Waals surface area contributed by atoms with E-state index < -0.39 is 0 Å². The average Bonchev–Trinajstić information content (AvgIpc) is 3.73. The molecule has 12 heteroatoms. The van der Waals surface area contributed by atoms with Crippen molar-refractivity contribution in [2.75, 3.05) is 24.7 Å². The molecule has 5 N–H and O–H groups in total. The van der Waals surface area contributed by atoms with Gasteiger partial charge in [-0.2, -0.15) is 9.97 Å². The number of imidazole rings is 1. The molecule has 260 valence electrons. The highest BCUT2D eigenvalue weighted by atomic mass is 16.5. The molecule has 1 amide bonds. The number of anilines is 2. The fourth-order valence-corrected chi connectivity index (χ4v) is 6.42. The standard InChI is InChI=1S/C39H40N8O4/c1-23-28(34-30-19-29(26-13-15-27(16-14-26)47(2)3)38(49)51-32(30)18-17-31(34)44-23)7-5-4-6-8-33(48)41-20-24-9-11-25(12-10-24)21-50-37-35-36(43-22-42-35)45-39(40)46-37/h9-19,22,44H,4-8,20-21H2,1-3H3,(H,41,48)(H3,40,42,43,45,46). The summed E-state index contributed by atoms with van der Waals surface area (Å²) in [5.41, 5.74) is 14.8. The zero-order valence-corrected chi connectivity index (χ0v) is 28.9. The summed E-state index contributed by atoms with van der Waals surface area (Å²) in [4.78, 5) is 46.5. The van der Waals surface area contributed by atoms with Gasteiger partial charge in [0.15, 0.2) is 5.65 Å². The third kappa shape index (κ3) is 7.25. The fraction of sp³-hybridized carbons (Fsp3) is 0.256. The second-order valence-corrected chi connectivity index (χ2v) is 12.9. The van der Waals surface area contributed by atoms with Crippen LogP contribution in [0.25, 0.3) is 44.2 Å². The van der Waals surface area contributed by atoms with Crippen molar-refractivity contribution in [2.45, 2.75) is 52.2 Å². The Morgan fingerprint density at radius 2 is 1.76 bits per heavy atom. The number of aromatic nitrogens is 5. The van der Waals surface area contributed by atoms with E-state index in [1.807, 2.05) is 85.7 Å². The lowest BCUT2D eigenvalue weighted by Crippen LogP contribution is -2.22. The van der Waals surface area contributed by atoms with Gasteiger partial charge in [0.05, 0.1) is 11.9 Å². The molecule has 0 atom stereocenters. The first-order valence-electron chi connectivity index (χ1n) is 17.0. The van der Waals surface area contributed by atoms with E-state index in [2.05, 4.69) is 37.2 Å². The number of ether oxygens (including phenoxy) is 1. The van der Waals surface area contributed by atoms with Crippen LogP contribution in [0.3, 0.4) is 0 Å². The van der Waals surface area contributed by atoms with Crippen LogP contribution in [0.1, 0.15) is 48.1 Å². The summed E-state index contributed by atoms with van der Waals surface area (Å²) in [5.74, 6) is 0.480. The number of H-pyrrole nitrogens is 2. The Hall–Kier alpha value is -6.17. The lowest BCUT2D eigenvalue weighted by atomic mass is 9.98. The van der Waals surface area contributed by atoms with Crippen LogP contribution in [0.5, 0.6) is 5.88 Å². The minimum absolute atomic E-state index is 0.0303. The van der Waals surface area contributed by atoms with Crippen LogP contribution in [0.2, 0.25) is 0 Å². The number of benzene rings is 3. The molecular formula is C39H40N8O4. The quantitative estimate of drug-likeness (QED) is 0.0776. The maximum absolute atomic E-state index is 13.0. The van der Waals surface area contributed by atoms with Crippen LogP contribution in [-0.4, -0.2) is 44.9 Å². The predicted molar refractivity (Wildman–Crippen MR) is 200 cm³/mol. The monoisotopic (exact) mass is 684 g/mol. The van der Waals surface area contributed by atoms with Gasteiger partial charge in [-0.1, -0.05) is 42.8 Å². The van der Waals surface area contributed by atoms with E-state index >= 15 is 0 Å². The van der Waals surface area contributed by atoms with Crippen molar-refractivity contribution in [3.8, 4) is 17.0 Å². The minimum Gasteiger partial charge on any atom is -0.471 e. The first-order valence-corrected chi connectivity index (χ1v) is 17.0. The highest BCUT2D eigenvalue weighted by molar-refractivity contribution is 6.08. The van der Waals surface area contributed by atoms with Gasteiger partial charge in [0.25, 0.3) is 0 Å². The normalized spacial score (nSPS) is 11.4. The summed E-state index contributed by atoms with van der Waals surface area (Å²) in [7, 11) is 3.97. The largest absolute Gasteiger partial charge is 0.471 e. The van der Waals surface area contributed by atoms with E-state index in [1.54, 1.807) is 0 Å². The van der Waals surface area contributed by atoms with E-state index in [-0.39, 0.29) is 17.5 Å². The van der Waals surface area contributed by atoms with Crippen molar-refractivity contribution in [2.24, 2.45) is 0 Å². The van der Waals surface area contributed by atoms with Gasteiger partial charge >= 0.3 is 5.63 Å². The Bertz CT molecular complexity index is 2390. The van der Waals surface area contributed by atoms with Crippen molar-refractivity contribution >= 4 is 50.6 Å². The molecule has 0 radical (unpaired) electrons. The molecule has 12 nitrogen and oxygen atoms in total. The van der Waals surface area contributed by atoms with Gasteiger partial charge in [-0.25, -0.2) is 9.78 Å². The molecule has 4 aromatic heterocycles. The number of hydrogen-bond acceptors (Lipinski definition) is 9. The van der Waals surface area contributed by atoms with Crippen LogP contribution in [0.4, 0.5) is 11.6 Å². The molecular weight excluding hydrogens is 644 g/mol. The molecule has 3 aromatic carbocycles. The molecule has 0 saturated heterocycles. The van der Waals surface area contributed by atoms with Crippen molar-refractivity contribution in [3.05, 3.63) is 106 Å². The molecule has 7 rings (SSSR count). The summed E-state index contributed by atoms with van der Waals surface area (Å²) in [6, 6.07) is 21.6.